The Kier molecular flexibility index (Phi) is 14.9. The molecule has 10 heteroatoms. The number of hydrogen-bond donors (Lipinski definition) is 10. The van der Waals surface area contributed by atoms with E-state index in [2.05, 4.69) is 133 Å². The monoisotopic (exact) mass is 1410 g/mol. The third-order valence-corrected chi connectivity index (χ3v) is 22.8. The molecule has 0 aromatic heterocycles. The highest BCUT2D eigenvalue weighted by molar-refractivity contribution is 6.00. The van der Waals surface area contributed by atoms with E-state index in [-0.39, 0.29) is 57.5 Å². The van der Waals surface area contributed by atoms with E-state index < -0.39 is 16.2 Å². The maximum absolute atomic E-state index is 11.8. The van der Waals surface area contributed by atoms with Gasteiger partial charge in [-0.25, -0.2) is 0 Å². The summed E-state index contributed by atoms with van der Waals surface area (Å²) in [6, 6.07) is 109. The number of benzene rings is 18. The van der Waals surface area contributed by atoms with Crippen molar-refractivity contribution in [3.63, 3.8) is 0 Å². The molecular weight excluding hydrogens is 1350 g/mol. The Morgan fingerprint density at radius 3 is 0.725 bits per heavy atom. The van der Waals surface area contributed by atoms with Gasteiger partial charge in [0.1, 0.15) is 57.5 Å². The van der Waals surface area contributed by atoms with E-state index in [1.165, 1.54) is 33.4 Å². The van der Waals surface area contributed by atoms with Gasteiger partial charge in [0.05, 0.1) is 16.2 Å². The van der Waals surface area contributed by atoms with Gasteiger partial charge in [0, 0.05) is 33.0 Å². The molecule has 21 rings (SSSR count). The molecule has 0 atom stereocenters. The minimum Gasteiger partial charge on any atom is -0.508 e. The summed E-state index contributed by atoms with van der Waals surface area (Å²) in [6.07, 6.45) is 0. The van der Waals surface area contributed by atoms with Gasteiger partial charge in [-0.1, -0.05) is 218 Å². The normalized spacial score (nSPS) is 13.5. The standard InChI is InChI=1S/2C33H22O4.C33H22O2/c34-21-11-13-23-19(17-21)9-15-29(31(23)36)33(30-16-10-20-18-22(35)12-14-24(20)32(30)37)27-7-3-1-5-25(27)26-6-2-4-8-28(26)33;34-23-11-9-19-15-29(31(36)17-21(19)13-23)33(30-16-20-10-12-24(35)14-22(20)18-32(30)37)27-7-3-1-5-25(27)26-6-2-4-8-28(26)33;34-27-15-11-21-17-25(13-9-23(21)19-27)33(26-14-10-24-20-28(35)16-12-22(24)18-26)31-7-3-1-5-29(31)30-6-2-4-8-32(30)33/h2*1-18,34-37H;1-20,34-35H. The lowest BCUT2D eigenvalue weighted by Crippen LogP contribution is -2.29. The summed E-state index contributed by atoms with van der Waals surface area (Å²) in [7, 11) is 0. The molecule has 0 saturated heterocycles. The Morgan fingerprint density at radius 1 is 0.156 bits per heavy atom. The summed E-state index contributed by atoms with van der Waals surface area (Å²) < 4.78 is 0. The first kappa shape index (κ1) is 65.3. The number of hydrogen-bond acceptors (Lipinski definition) is 10. The fraction of sp³-hybridized carbons (Fsp3) is 0.0303. The van der Waals surface area contributed by atoms with Gasteiger partial charge in [0.25, 0.3) is 0 Å². The molecule has 0 saturated carbocycles. The predicted octanol–water partition coefficient (Wildman–Crippen LogP) is 22.1. The van der Waals surface area contributed by atoms with E-state index in [0.29, 0.717) is 54.6 Å². The highest BCUT2D eigenvalue weighted by Crippen LogP contribution is 2.63. The zero-order valence-corrected chi connectivity index (χ0v) is 58.3. The third-order valence-electron chi connectivity index (χ3n) is 22.8. The van der Waals surface area contributed by atoms with Crippen molar-refractivity contribution in [1.82, 2.24) is 0 Å². The third kappa shape index (κ3) is 9.88. The van der Waals surface area contributed by atoms with Crippen LogP contribution in [-0.2, 0) is 16.2 Å². The van der Waals surface area contributed by atoms with Crippen LogP contribution in [0.1, 0.15) is 66.8 Å². The number of fused-ring (bicyclic) bond motifs is 15. The summed E-state index contributed by atoms with van der Waals surface area (Å²) in [5.41, 5.74) is 15.4. The molecule has 0 aliphatic heterocycles. The fourth-order valence-corrected chi connectivity index (χ4v) is 18.2. The van der Waals surface area contributed by atoms with Crippen LogP contribution in [0.15, 0.2) is 340 Å². The highest BCUT2D eigenvalue weighted by Gasteiger charge is 2.52. The molecule has 18 aromatic carbocycles. The Balaban J connectivity index is 0.000000111. The molecule has 109 heavy (non-hydrogen) atoms. The van der Waals surface area contributed by atoms with Gasteiger partial charge in [-0.15, -0.1) is 0 Å². The molecule has 3 aliphatic rings. The molecular formula is C99H66O10. The first-order valence-corrected chi connectivity index (χ1v) is 36.0. The molecule has 10 N–H and O–H groups in total. The fourth-order valence-electron chi connectivity index (χ4n) is 18.2. The molecule has 0 bridgehead atoms. The Labute approximate surface area is 625 Å². The molecule has 18 aromatic rings. The summed E-state index contributed by atoms with van der Waals surface area (Å²) in [4.78, 5) is 0. The first-order valence-electron chi connectivity index (χ1n) is 36.0. The molecule has 0 unspecified atom stereocenters. The van der Waals surface area contributed by atoms with Gasteiger partial charge in [-0.2, -0.15) is 0 Å². The second kappa shape index (κ2) is 24.8. The lowest BCUT2D eigenvalue weighted by molar-refractivity contribution is 0.449. The van der Waals surface area contributed by atoms with Crippen molar-refractivity contribution in [2.24, 2.45) is 0 Å². The average Bonchev–Trinajstić information content (AvgIpc) is 1.57. The summed E-state index contributed by atoms with van der Waals surface area (Å²) >= 11 is 0. The van der Waals surface area contributed by atoms with Gasteiger partial charge in [-0.3, -0.25) is 0 Å². The van der Waals surface area contributed by atoms with Crippen LogP contribution in [0.3, 0.4) is 0 Å². The van der Waals surface area contributed by atoms with Crippen LogP contribution in [0, 0.1) is 0 Å². The van der Waals surface area contributed by atoms with Crippen molar-refractivity contribution in [2.45, 2.75) is 16.2 Å². The largest absolute Gasteiger partial charge is 0.508 e. The number of aromatic hydroxyl groups is 10. The maximum atomic E-state index is 11.8. The molecule has 3 aliphatic carbocycles. The van der Waals surface area contributed by atoms with E-state index in [9.17, 15) is 51.1 Å². The topological polar surface area (TPSA) is 202 Å². The van der Waals surface area contributed by atoms with Crippen molar-refractivity contribution in [1.29, 1.82) is 0 Å². The van der Waals surface area contributed by atoms with Gasteiger partial charge < -0.3 is 51.1 Å². The zero-order chi connectivity index (χ0) is 74.2. The van der Waals surface area contributed by atoms with E-state index >= 15 is 0 Å². The lowest BCUT2D eigenvalue weighted by atomic mass is 9.66. The Hall–Kier alpha value is -14.5. The Bertz CT molecular complexity index is 6330. The van der Waals surface area contributed by atoms with Crippen LogP contribution >= 0.6 is 0 Å². The zero-order valence-electron chi connectivity index (χ0n) is 58.3. The second-order valence-electron chi connectivity index (χ2n) is 28.6. The second-order valence-corrected chi connectivity index (χ2v) is 28.6. The Morgan fingerprint density at radius 2 is 0.394 bits per heavy atom. The van der Waals surface area contributed by atoms with Crippen LogP contribution in [0.5, 0.6) is 57.5 Å². The van der Waals surface area contributed by atoms with Crippen molar-refractivity contribution < 1.29 is 51.1 Å². The van der Waals surface area contributed by atoms with Crippen molar-refractivity contribution >= 4 is 64.6 Å². The lowest BCUT2D eigenvalue weighted by Gasteiger charge is -2.35. The summed E-state index contributed by atoms with van der Waals surface area (Å²) in [5, 5.41) is 117. The maximum Gasteiger partial charge on any atom is 0.128 e. The van der Waals surface area contributed by atoms with E-state index in [4.69, 9.17) is 0 Å². The number of phenols is 10. The van der Waals surface area contributed by atoms with Crippen LogP contribution in [0.2, 0.25) is 0 Å². The van der Waals surface area contributed by atoms with Crippen LogP contribution < -0.4 is 0 Å². The summed E-state index contributed by atoms with van der Waals surface area (Å²) in [6.45, 7) is 0. The average molecular weight is 1420 g/mol. The molecule has 10 nitrogen and oxygen atoms in total. The summed E-state index contributed by atoms with van der Waals surface area (Å²) in [5.74, 6) is 1.36. The van der Waals surface area contributed by atoms with Crippen molar-refractivity contribution in [3.05, 3.63) is 406 Å². The quantitative estimate of drug-likeness (QED) is 0.0763. The molecule has 0 amide bonds. The number of phenolic OH excluding ortho intramolecular Hbond substituents is 10. The van der Waals surface area contributed by atoms with Crippen LogP contribution in [0.4, 0.5) is 0 Å². The van der Waals surface area contributed by atoms with Gasteiger partial charge in [-0.05, 0) is 253 Å². The predicted molar refractivity (Wildman–Crippen MR) is 433 cm³/mol. The molecule has 0 spiro atoms. The van der Waals surface area contributed by atoms with E-state index in [1.54, 1.807) is 84.9 Å². The van der Waals surface area contributed by atoms with Crippen LogP contribution in [0.25, 0.3) is 98.0 Å². The van der Waals surface area contributed by atoms with Gasteiger partial charge >= 0.3 is 0 Å². The van der Waals surface area contributed by atoms with E-state index in [1.807, 2.05) is 121 Å². The minimum absolute atomic E-state index is 0.0646. The van der Waals surface area contributed by atoms with Crippen molar-refractivity contribution in [3.8, 4) is 90.9 Å². The molecule has 0 radical (unpaired) electrons. The SMILES string of the molecule is Oc1ccc2c(O)c(C3(c4ccc5cc(O)ccc5c4O)c4ccccc4-c4ccccc43)ccc2c1.Oc1ccc2cc(C3(c4cc5ccc(O)cc5cc4O)c4ccccc4-c4ccccc43)c(O)cc2c1.Oc1ccc2cc(C3(c4ccc5cc(O)ccc5c4)c4ccccc4-c4ccccc43)ccc2c1. The van der Waals surface area contributed by atoms with Gasteiger partial charge in [0.15, 0.2) is 0 Å². The number of rotatable bonds is 6. The molecule has 522 valence electrons. The minimum atomic E-state index is -1.01. The highest BCUT2D eigenvalue weighted by atomic mass is 16.3. The molecule has 0 fully saturated rings. The van der Waals surface area contributed by atoms with E-state index in [0.717, 1.165) is 76.8 Å². The van der Waals surface area contributed by atoms with Crippen molar-refractivity contribution in [2.75, 3.05) is 0 Å². The van der Waals surface area contributed by atoms with Gasteiger partial charge in [0.2, 0.25) is 0 Å². The van der Waals surface area contributed by atoms with Crippen LogP contribution in [-0.4, -0.2) is 51.1 Å². The smallest absolute Gasteiger partial charge is 0.128 e. The first-order chi connectivity index (χ1) is 53.1. The molecule has 0 heterocycles.